The highest BCUT2D eigenvalue weighted by atomic mass is 32.2. The van der Waals surface area contributed by atoms with Gasteiger partial charge in [-0.25, -0.2) is 12.8 Å². The maximum atomic E-state index is 13.5. The van der Waals surface area contributed by atoms with Gasteiger partial charge < -0.3 is 9.64 Å². The Bertz CT molecular complexity index is 1440. The Hall–Kier alpha value is -3.56. The van der Waals surface area contributed by atoms with Crippen molar-refractivity contribution in [1.82, 2.24) is 4.31 Å². The van der Waals surface area contributed by atoms with Crippen LogP contribution in [0.2, 0.25) is 0 Å². The molecule has 2 aliphatic heterocycles. The second kappa shape index (κ2) is 10.1. The molecule has 0 fully saturated rings. The molecule has 0 N–H and O–H groups in total. The molecule has 0 spiro atoms. The lowest BCUT2D eigenvalue weighted by atomic mass is 9.92. The molecule has 1 amide bonds. The Morgan fingerprint density at radius 1 is 0.973 bits per heavy atom. The Morgan fingerprint density at radius 3 is 2.41 bits per heavy atom. The molecule has 3 aromatic carbocycles. The molecule has 0 bridgehead atoms. The fourth-order valence-corrected chi connectivity index (χ4v) is 6.85. The second-order valence-electron chi connectivity index (χ2n) is 9.34. The van der Waals surface area contributed by atoms with Gasteiger partial charge in [0.1, 0.15) is 5.82 Å². The highest BCUT2D eigenvalue weighted by Gasteiger charge is 2.38. The molecule has 2 heterocycles. The Labute approximate surface area is 215 Å². The number of sulfonamides is 1. The highest BCUT2D eigenvalue weighted by molar-refractivity contribution is 7.89. The number of hydrogen-bond acceptors (Lipinski definition) is 5. The number of fused-ring (bicyclic) bond motifs is 2. The van der Waals surface area contributed by atoms with Crippen molar-refractivity contribution in [1.29, 1.82) is 0 Å². The van der Waals surface area contributed by atoms with Gasteiger partial charge >= 0.3 is 5.97 Å². The average Bonchev–Trinajstić information content (AvgIpc) is 3.23. The lowest BCUT2D eigenvalue weighted by Crippen LogP contribution is -2.42. The number of carbonyl (C=O) groups is 2. The Balaban J connectivity index is 1.34. The average molecular weight is 523 g/mol. The predicted molar refractivity (Wildman–Crippen MR) is 136 cm³/mol. The summed E-state index contributed by atoms with van der Waals surface area (Å²) in [6.07, 6.45) is 0.953. The van der Waals surface area contributed by atoms with E-state index in [2.05, 4.69) is 0 Å². The van der Waals surface area contributed by atoms with Crippen molar-refractivity contribution >= 4 is 27.6 Å². The van der Waals surface area contributed by atoms with Crippen LogP contribution in [0.25, 0.3) is 0 Å². The van der Waals surface area contributed by atoms with Crippen LogP contribution in [-0.2, 0) is 37.2 Å². The van der Waals surface area contributed by atoms with Crippen LogP contribution in [0.15, 0.2) is 77.7 Å². The van der Waals surface area contributed by atoms with E-state index in [1.807, 2.05) is 43.3 Å². The van der Waals surface area contributed by atoms with Crippen molar-refractivity contribution < 1.29 is 27.1 Å². The molecule has 2 aliphatic rings. The van der Waals surface area contributed by atoms with Crippen molar-refractivity contribution in [3.63, 3.8) is 0 Å². The second-order valence-corrected chi connectivity index (χ2v) is 11.2. The van der Waals surface area contributed by atoms with Gasteiger partial charge in [0.15, 0.2) is 6.61 Å². The van der Waals surface area contributed by atoms with Crippen LogP contribution in [0, 0.1) is 5.82 Å². The summed E-state index contributed by atoms with van der Waals surface area (Å²) in [5, 5.41) is 0. The summed E-state index contributed by atoms with van der Waals surface area (Å²) in [5.74, 6) is -1.54. The zero-order valence-corrected chi connectivity index (χ0v) is 21.2. The standard InChI is InChI=1S/C28H27FN2O5S/c1-19-16-21-7-3-5-9-25(21)31(19)27(32)18-36-28(33)17-26-24-8-4-2-6-20(24)14-15-30(26)37(34,35)23-12-10-22(29)11-13-23/h2-13,19,26H,14-18H2,1H3/t19-,26+/m0/s1. The summed E-state index contributed by atoms with van der Waals surface area (Å²) in [6, 6.07) is 18.8. The molecule has 0 aromatic heterocycles. The van der Waals surface area contributed by atoms with Crippen molar-refractivity contribution in [3.05, 3.63) is 95.3 Å². The fraction of sp³-hybridized carbons (Fsp3) is 0.286. The number of halogens is 1. The molecule has 0 radical (unpaired) electrons. The van der Waals surface area contributed by atoms with Crippen molar-refractivity contribution in [2.75, 3.05) is 18.1 Å². The lowest BCUT2D eigenvalue weighted by molar-refractivity contribution is -0.148. The molecule has 0 saturated carbocycles. The van der Waals surface area contributed by atoms with E-state index in [0.717, 1.165) is 35.4 Å². The zero-order valence-electron chi connectivity index (χ0n) is 20.3. The largest absolute Gasteiger partial charge is 0.455 e. The summed E-state index contributed by atoms with van der Waals surface area (Å²) >= 11 is 0. The number of para-hydroxylation sites is 1. The number of nitrogens with zero attached hydrogens (tertiary/aromatic N) is 2. The molecule has 192 valence electrons. The maximum absolute atomic E-state index is 13.5. The van der Waals surface area contributed by atoms with E-state index in [9.17, 15) is 22.4 Å². The Kier molecular flexibility index (Phi) is 6.83. The first-order valence-corrected chi connectivity index (χ1v) is 13.6. The van der Waals surface area contributed by atoms with Gasteiger partial charge in [-0.05, 0) is 66.8 Å². The van der Waals surface area contributed by atoms with Crippen LogP contribution in [0.1, 0.15) is 36.1 Å². The topological polar surface area (TPSA) is 84.0 Å². The predicted octanol–water partition coefficient (Wildman–Crippen LogP) is 4.02. The van der Waals surface area contributed by atoms with Gasteiger partial charge in [-0.2, -0.15) is 4.31 Å². The van der Waals surface area contributed by atoms with Gasteiger partial charge in [0, 0.05) is 18.3 Å². The van der Waals surface area contributed by atoms with Gasteiger partial charge in [-0.1, -0.05) is 42.5 Å². The van der Waals surface area contributed by atoms with Crippen LogP contribution >= 0.6 is 0 Å². The van der Waals surface area contributed by atoms with E-state index in [-0.39, 0.29) is 29.8 Å². The summed E-state index contributed by atoms with van der Waals surface area (Å²) in [4.78, 5) is 27.5. The molecule has 0 aliphatic carbocycles. The molecule has 5 rings (SSSR count). The molecular formula is C28H27FN2O5S. The molecule has 7 nitrogen and oxygen atoms in total. The summed E-state index contributed by atoms with van der Waals surface area (Å²) in [7, 11) is -4.02. The monoisotopic (exact) mass is 522 g/mol. The third kappa shape index (κ3) is 4.89. The number of hydrogen-bond donors (Lipinski definition) is 0. The number of esters is 1. The van der Waals surface area contributed by atoms with Crippen LogP contribution in [0.4, 0.5) is 10.1 Å². The van der Waals surface area contributed by atoms with Gasteiger partial charge in [0.2, 0.25) is 10.0 Å². The SMILES string of the molecule is C[C@H]1Cc2ccccc2N1C(=O)COC(=O)C[C@@H]1c2ccccc2CCN1S(=O)(=O)c1ccc(F)cc1. The number of amides is 1. The third-order valence-electron chi connectivity index (χ3n) is 6.98. The quantitative estimate of drug-likeness (QED) is 0.457. The maximum Gasteiger partial charge on any atom is 0.308 e. The van der Waals surface area contributed by atoms with Gasteiger partial charge in [0.05, 0.1) is 17.4 Å². The molecule has 9 heteroatoms. The van der Waals surface area contributed by atoms with Crippen molar-refractivity contribution in [2.45, 2.75) is 43.2 Å². The zero-order chi connectivity index (χ0) is 26.2. The summed E-state index contributed by atoms with van der Waals surface area (Å²) in [6.45, 7) is 1.67. The number of carbonyl (C=O) groups excluding carboxylic acids is 2. The van der Waals surface area contributed by atoms with E-state index in [4.69, 9.17) is 4.74 Å². The highest BCUT2D eigenvalue weighted by Crippen LogP contribution is 2.37. The minimum atomic E-state index is -4.02. The van der Waals surface area contributed by atoms with Gasteiger partial charge in [-0.3, -0.25) is 9.59 Å². The molecule has 3 aromatic rings. The first kappa shape index (κ1) is 25.1. The first-order valence-electron chi connectivity index (χ1n) is 12.2. The molecule has 37 heavy (non-hydrogen) atoms. The smallest absolute Gasteiger partial charge is 0.308 e. The Morgan fingerprint density at radius 2 is 1.65 bits per heavy atom. The number of anilines is 1. The van der Waals surface area contributed by atoms with Crippen LogP contribution in [0.5, 0.6) is 0 Å². The molecule has 0 saturated heterocycles. The van der Waals surface area contributed by atoms with E-state index in [1.165, 1.54) is 16.4 Å². The number of ether oxygens (including phenoxy) is 1. The van der Waals surface area contributed by atoms with Crippen molar-refractivity contribution in [3.8, 4) is 0 Å². The van der Waals surface area contributed by atoms with E-state index in [0.29, 0.717) is 12.0 Å². The van der Waals surface area contributed by atoms with Crippen molar-refractivity contribution in [2.24, 2.45) is 0 Å². The number of benzene rings is 3. The minimum Gasteiger partial charge on any atom is -0.455 e. The fourth-order valence-electron chi connectivity index (χ4n) is 5.24. The molecule has 2 atom stereocenters. The van der Waals surface area contributed by atoms with Crippen LogP contribution < -0.4 is 4.90 Å². The molecule has 0 unspecified atom stereocenters. The third-order valence-corrected chi connectivity index (χ3v) is 8.90. The minimum absolute atomic E-state index is 0.0508. The summed E-state index contributed by atoms with van der Waals surface area (Å²) in [5.41, 5.74) is 3.54. The first-order chi connectivity index (χ1) is 17.8. The normalized spacial score (nSPS) is 19.2. The van der Waals surface area contributed by atoms with Gasteiger partial charge in [0.25, 0.3) is 5.91 Å². The molecular weight excluding hydrogens is 495 g/mol. The number of rotatable bonds is 6. The van der Waals surface area contributed by atoms with Gasteiger partial charge in [-0.15, -0.1) is 0 Å². The van der Waals surface area contributed by atoms with E-state index >= 15 is 0 Å². The summed E-state index contributed by atoms with van der Waals surface area (Å²) < 4.78 is 47.0. The van der Waals surface area contributed by atoms with E-state index < -0.39 is 34.5 Å². The van der Waals surface area contributed by atoms with Crippen LogP contribution in [0.3, 0.4) is 0 Å². The van der Waals surface area contributed by atoms with E-state index in [1.54, 1.807) is 17.0 Å². The lowest BCUT2D eigenvalue weighted by Gasteiger charge is -2.36. The van der Waals surface area contributed by atoms with Crippen LogP contribution in [-0.4, -0.2) is 43.8 Å².